The van der Waals surface area contributed by atoms with Gasteiger partial charge in [0.05, 0.1) is 5.92 Å². The first-order valence-electron chi connectivity index (χ1n) is 5.93. The van der Waals surface area contributed by atoms with Gasteiger partial charge in [0.1, 0.15) is 7.85 Å². The fourth-order valence-electron chi connectivity index (χ4n) is 2.44. The molecule has 2 nitrogen and oxygen atoms in total. The molecule has 18 heavy (non-hydrogen) atoms. The maximum absolute atomic E-state index is 12.4. The van der Waals surface area contributed by atoms with Crippen molar-refractivity contribution < 1.29 is 9.59 Å². The van der Waals surface area contributed by atoms with Crippen LogP contribution in [0.15, 0.2) is 54.2 Å². The number of fused-ring (bicyclic) bond motifs is 2. The Hall–Kier alpha value is -2.16. The van der Waals surface area contributed by atoms with E-state index in [2.05, 4.69) is 0 Å². The maximum Gasteiger partial charge on any atom is 0.190 e. The van der Waals surface area contributed by atoms with Gasteiger partial charge in [0.2, 0.25) is 0 Å². The molecular formula is C15H11BO2. The quantitative estimate of drug-likeness (QED) is 0.627. The fraction of sp³-hybridized carbons (Fsp3) is 0.0667. The van der Waals surface area contributed by atoms with Crippen LogP contribution in [0.25, 0.3) is 0 Å². The molecule has 0 aromatic heterocycles. The minimum absolute atomic E-state index is 0.0100. The Bertz CT molecular complexity index is 650. The third-order valence-corrected chi connectivity index (χ3v) is 3.37. The molecular weight excluding hydrogens is 223 g/mol. The highest BCUT2D eigenvalue weighted by Crippen LogP contribution is 2.31. The second kappa shape index (κ2) is 3.95. The third kappa shape index (κ3) is 1.51. The van der Waals surface area contributed by atoms with Crippen LogP contribution in [0.5, 0.6) is 0 Å². The first-order chi connectivity index (χ1) is 8.68. The van der Waals surface area contributed by atoms with E-state index in [4.69, 9.17) is 0 Å². The van der Waals surface area contributed by atoms with Crippen LogP contribution in [0.1, 0.15) is 20.7 Å². The van der Waals surface area contributed by atoms with E-state index >= 15 is 0 Å². The van der Waals surface area contributed by atoms with E-state index < -0.39 is 5.92 Å². The number of hydrogen-bond acceptors (Lipinski definition) is 2. The van der Waals surface area contributed by atoms with Crippen molar-refractivity contribution in [1.29, 1.82) is 0 Å². The van der Waals surface area contributed by atoms with Gasteiger partial charge in [-0.05, 0) is 0 Å². The van der Waals surface area contributed by atoms with Crippen molar-refractivity contribution in [2.75, 3.05) is 0 Å². The highest BCUT2D eigenvalue weighted by Gasteiger charge is 2.35. The third-order valence-electron chi connectivity index (χ3n) is 3.37. The monoisotopic (exact) mass is 234 g/mol. The Morgan fingerprint density at radius 1 is 1.00 bits per heavy atom. The molecule has 2 aliphatic rings. The van der Waals surface area contributed by atoms with Crippen LogP contribution in [0.4, 0.5) is 0 Å². The summed E-state index contributed by atoms with van der Waals surface area (Å²) in [6, 6.07) is 5.43. The zero-order valence-electron chi connectivity index (χ0n) is 10.0. The Morgan fingerprint density at radius 3 is 2.67 bits per heavy atom. The molecule has 1 aromatic carbocycles. The number of allylic oxidation sites excluding steroid dienone is 6. The van der Waals surface area contributed by atoms with Crippen molar-refractivity contribution in [1.82, 2.24) is 0 Å². The molecule has 0 N–H and O–H groups in total. The van der Waals surface area contributed by atoms with Gasteiger partial charge in [-0.15, -0.1) is 0 Å². The number of ketones is 2. The number of benzene rings is 1. The molecule has 0 spiro atoms. The second-order valence-corrected chi connectivity index (χ2v) is 4.61. The van der Waals surface area contributed by atoms with Gasteiger partial charge >= 0.3 is 0 Å². The molecule has 0 aliphatic heterocycles. The topological polar surface area (TPSA) is 34.1 Å². The summed E-state index contributed by atoms with van der Waals surface area (Å²) in [5.74, 6) is -0.451. The molecule has 1 unspecified atom stereocenters. The van der Waals surface area contributed by atoms with E-state index in [1.54, 1.807) is 30.4 Å². The lowest BCUT2D eigenvalue weighted by Gasteiger charge is -2.22. The van der Waals surface area contributed by atoms with Gasteiger partial charge < -0.3 is 0 Å². The van der Waals surface area contributed by atoms with Crippen LogP contribution in [0.2, 0.25) is 0 Å². The first-order valence-corrected chi connectivity index (χ1v) is 5.93. The number of carbonyl (C=O) groups is 2. The smallest absolute Gasteiger partial charge is 0.190 e. The molecule has 86 valence electrons. The molecule has 0 bridgehead atoms. The predicted molar refractivity (Wildman–Crippen MR) is 73.1 cm³/mol. The SMILES string of the molecule is Bc1ccc2c(c1)C(=O)C1=CC=CC=CC1C2=O. The van der Waals surface area contributed by atoms with Crippen LogP contribution in [0, 0.1) is 5.92 Å². The Labute approximate surface area is 106 Å². The highest BCUT2D eigenvalue weighted by molar-refractivity contribution is 6.34. The highest BCUT2D eigenvalue weighted by atomic mass is 16.1. The molecule has 0 saturated heterocycles. The standard InChI is InChI=1S/C15H11BO2/c16-9-6-7-12-13(8-9)15(18)11-5-3-1-2-4-10(11)14(12)17/h1-8,10H,16H2. The molecule has 3 heteroatoms. The first kappa shape index (κ1) is 11.0. The van der Waals surface area contributed by atoms with Gasteiger partial charge in [0.15, 0.2) is 11.6 Å². The summed E-state index contributed by atoms with van der Waals surface area (Å²) in [5.41, 5.74) is 2.64. The van der Waals surface area contributed by atoms with Crippen molar-refractivity contribution in [2.24, 2.45) is 5.92 Å². The fourth-order valence-corrected chi connectivity index (χ4v) is 2.44. The Kier molecular flexibility index (Phi) is 2.41. The zero-order valence-corrected chi connectivity index (χ0v) is 10.0. The molecule has 2 aliphatic carbocycles. The van der Waals surface area contributed by atoms with Crippen molar-refractivity contribution in [2.45, 2.75) is 0 Å². The minimum atomic E-state index is -0.428. The summed E-state index contributed by atoms with van der Waals surface area (Å²) >= 11 is 0. The van der Waals surface area contributed by atoms with Gasteiger partial charge in [0.25, 0.3) is 0 Å². The van der Waals surface area contributed by atoms with E-state index in [0.717, 1.165) is 5.46 Å². The summed E-state index contributed by atoms with van der Waals surface area (Å²) in [5, 5.41) is 0. The Morgan fingerprint density at radius 2 is 1.83 bits per heavy atom. The lowest BCUT2D eigenvalue weighted by atomic mass is 9.76. The summed E-state index contributed by atoms with van der Waals surface area (Å²) in [6.45, 7) is 0. The lowest BCUT2D eigenvalue weighted by molar-refractivity contribution is 0.0904. The lowest BCUT2D eigenvalue weighted by Crippen LogP contribution is -2.29. The molecule has 0 fully saturated rings. The molecule has 1 aromatic rings. The van der Waals surface area contributed by atoms with Crippen molar-refractivity contribution in [3.8, 4) is 0 Å². The van der Waals surface area contributed by atoms with Gasteiger partial charge in [-0.1, -0.05) is 54.0 Å². The summed E-state index contributed by atoms with van der Waals surface area (Å²) < 4.78 is 0. The number of Topliss-reactive ketones (excluding diaryl/α,β-unsaturated/α-hetero) is 2. The molecule has 0 radical (unpaired) electrons. The van der Waals surface area contributed by atoms with Crippen molar-refractivity contribution in [3.63, 3.8) is 0 Å². The van der Waals surface area contributed by atoms with Gasteiger partial charge in [-0.2, -0.15) is 0 Å². The number of hydrogen-bond donors (Lipinski definition) is 0. The molecule has 0 heterocycles. The van der Waals surface area contributed by atoms with E-state index in [1.165, 1.54) is 0 Å². The molecule has 0 amide bonds. The van der Waals surface area contributed by atoms with Crippen LogP contribution < -0.4 is 5.46 Å². The van der Waals surface area contributed by atoms with E-state index in [-0.39, 0.29) is 11.6 Å². The summed E-state index contributed by atoms with van der Waals surface area (Å²) in [7, 11) is 1.92. The predicted octanol–water partition coefficient (Wildman–Crippen LogP) is 0.993. The molecule has 3 rings (SSSR count). The maximum atomic E-state index is 12.4. The molecule has 0 saturated carbocycles. The van der Waals surface area contributed by atoms with E-state index in [1.807, 2.05) is 26.1 Å². The van der Waals surface area contributed by atoms with E-state index in [0.29, 0.717) is 16.7 Å². The van der Waals surface area contributed by atoms with Crippen molar-refractivity contribution >= 4 is 24.9 Å². The number of rotatable bonds is 0. The zero-order chi connectivity index (χ0) is 12.7. The largest absolute Gasteiger partial charge is 0.293 e. The Balaban J connectivity index is 2.25. The van der Waals surface area contributed by atoms with Crippen LogP contribution in [-0.2, 0) is 0 Å². The second-order valence-electron chi connectivity index (χ2n) is 4.61. The van der Waals surface area contributed by atoms with Crippen molar-refractivity contribution in [3.05, 3.63) is 65.3 Å². The van der Waals surface area contributed by atoms with Gasteiger partial charge in [-0.3, -0.25) is 9.59 Å². The van der Waals surface area contributed by atoms with Crippen LogP contribution in [-0.4, -0.2) is 19.4 Å². The van der Waals surface area contributed by atoms with Crippen LogP contribution in [0.3, 0.4) is 0 Å². The summed E-state index contributed by atoms with van der Waals surface area (Å²) in [4.78, 5) is 24.8. The summed E-state index contributed by atoms with van der Waals surface area (Å²) in [6.07, 6.45) is 8.99. The normalized spacial score (nSPS) is 21.1. The molecule has 1 atom stereocenters. The van der Waals surface area contributed by atoms with E-state index in [9.17, 15) is 9.59 Å². The average Bonchev–Trinajstić information content (AvgIpc) is 2.61. The van der Waals surface area contributed by atoms with Gasteiger partial charge in [0, 0.05) is 16.7 Å². The van der Waals surface area contributed by atoms with Crippen LogP contribution >= 0.6 is 0 Å². The minimum Gasteiger partial charge on any atom is -0.293 e. The van der Waals surface area contributed by atoms with Gasteiger partial charge in [-0.25, -0.2) is 0 Å². The number of carbonyl (C=O) groups excluding carboxylic acids is 2. The average molecular weight is 234 g/mol.